The summed E-state index contributed by atoms with van der Waals surface area (Å²) in [5, 5.41) is 3.48. The molecule has 2 aliphatic carbocycles. The molecule has 4 atom stereocenters. The first-order valence-electron chi connectivity index (χ1n) is 10.7. The van der Waals surface area contributed by atoms with Crippen molar-refractivity contribution in [2.24, 2.45) is 23.7 Å². The minimum absolute atomic E-state index is 0.0970. The number of thioether (sulfide) groups is 1. The number of thiazole rings is 1. The van der Waals surface area contributed by atoms with Crippen LogP contribution in [0.4, 0.5) is 11.4 Å². The maximum atomic E-state index is 13.1. The van der Waals surface area contributed by atoms with E-state index in [9.17, 15) is 14.4 Å². The maximum absolute atomic E-state index is 13.1. The lowest BCUT2D eigenvalue weighted by atomic mass is 9.85. The maximum Gasteiger partial charge on any atom is 0.238 e. The standard InChI is InChI=1S/C24H17Cl2N3O3S2/c25-14-2-1-3-15(26)21(14)28-18(30)10-33-24-27-16-7-6-13(9-17(16)34-24)29-22(31)19-11-4-5-12(8-11)20(19)23(29)32/h1-7,9,11-12,19-20H,8,10H2,(H,28,30)/t11-,12-,19+,20+/m0/s1. The third-order valence-electron chi connectivity index (χ3n) is 6.63. The fraction of sp³-hybridized carbons (Fsp3) is 0.250. The average molecular weight is 530 g/mol. The summed E-state index contributed by atoms with van der Waals surface area (Å²) in [5.74, 6) is -0.400. The van der Waals surface area contributed by atoms with E-state index in [1.165, 1.54) is 28.0 Å². The van der Waals surface area contributed by atoms with Gasteiger partial charge in [-0.1, -0.05) is 53.2 Å². The van der Waals surface area contributed by atoms with Gasteiger partial charge in [0.05, 0.1) is 49.2 Å². The van der Waals surface area contributed by atoms with Gasteiger partial charge in [-0.2, -0.15) is 0 Å². The topological polar surface area (TPSA) is 79.4 Å². The Hall–Kier alpha value is -2.39. The van der Waals surface area contributed by atoms with Gasteiger partial charge in [-0.15, -0.1) is 11.3 Å². The summed E-state index contributed by atoms with van der Waals surface area (Å²) < 4.78 is 1.57. The normalized spacial score (nSPS) is 24.9. The molecular weight excluding hydrogens is 513 g/mol. The van der Waals surface area contributed by atoms with Gasteiger partial charge in [0.25, 0.3) is 0 Å². The van der Waals surface area contributed by atoms with Crippen molar-refractivity contribution >= 4 is 85.6 Å². The van der Waals surface area contributed by atoms with Crippen molar-refractivity contribution in [3.05, 3.63) is 58.6 Å². The number of hydrogen-bond acceptors (Lipinski definition) is 6. The Kier molecular flexibility index (Phi) is 5.44. The molecule has 3 aliphatic rings. The average Bonchev–Trinajstić information content (AvgIpc) is 3.57. The zero-order chi connectivity index (χ0) is 23.6. The smallest absolute Gasteiger partial charge is 0.238 e. The fourth-order valence-corrected chi connectivity index (χ4v) is 7.56. The van der Waals surface area contributed by atoms with Crippen LogP contribution in [0.2, 0.25) is 10.0 Å². The Morgan fingerprint density at radius 1 is 1.09 bits per heavy atom. The number of aromatic nitrogens is 1. The van der Waals surface area contributed by atoms with E-state index in [0.29, 0.717) is 25.8 Å². The SMILES string of the molecule is O=C(CSc1nc2ccc(N3C(=O)[C@H]4[C@H](C3=O)[C@H]3C=C[C@H]4C3)cc2s1)Nc1c(Cl)cccc1Cl. The molecule has 2 bridgehead atoms. The van der Waals surface area contributed by atoms with Crippen molar-refractivity contribution in [1.29, 1.82) is 0 Å². The molecule has 0 unspecified atom stereocenters. The van der Waals surface area contributed by atoms with Crippen LogP contribution in [0.1, 0.15) is 6.42 Å². The molecule has 1 N–H and O–H groups in total. The molecule has 3 amide bonds. The van der Waals surface area contributed by atoms with Crippen molar-refractivity contribution in [2.45, 2.75) is 10.8 Å². The minimum Gasteiger partial charge on any atom is -0.323 e. The number of carbonyl (C=O) groups excluding carboxylic acids is 3. The van der Waals surface area contributed by atoms with Gasteiger partial charge in [0, 0.05) is 0 Å². The van der Waals surface area contributed by atoms with Crippen LogP contribution in [0.15, 0.2) is 52.9 Å². The molecule has 34 heavy (non-hydrogen) atoms. The lowest BCUT2D eigenvalue weighted by molar-refractivity contribution is -0.123. The highest BCUT2D eigenvalue weighted by atomic mass is 35.5. The van der Waals surface area contributed by atoms with E-state index in [-0.39, 0.29) is 47.1 Å². The molecule has 1 saturated carbocycles. The van der Waals surface area contributed by atoms with Crippen molar-refractivity contribution in [3.8, 4) is 0 Å². The fourth-order valence-electron chi connectivity index (χ4n) is 5.17. The van der Waals surface area contributed by atoms with E-state index in [0.717, 1.165) is 16.6 Å². The van der Waals surface area contributed by atoms with Crippen LogP contribution in [-0.4, -0.2) is 28.5 Å². The van der Waals surface area contributed by atoms with Crippen LogP contribution in [0.25, 0.3) is 10.2 Å². The summed E-state index contributed by atoms with van der Waals surface area (Å²) in [7, 11) is 0. The van der Waals surface area contributed by atoms with E-state index >= 15 is 0 Å². The van der Waals surface area contributed by atoms with Gasteiger partial charge in [-0.25, -0.2) is 9.88 Å². The number of allylic oxidation sites excluding steroid dienone is 2. The molecule has 1 saturated heterocycles. The number of fused-ring (bicyclic) bond motifs is 6. The summed E-state index contributed by atoms with van der Waals surface area (Å²) in [4.78, 5) is 44.5. The molecule has 0 radical (unpaired) electrons. The second-order valence-electron chi connectivity index (χ2n) is 8.58. The summed E-state index contributed by atoms with van der Waals surface area (Å²) in [6.45, 7) is 0. The summed E-state index contributed by atoms with van der Waals surface area (Å²) in [6.07, 6.45) is 5.09. The number of nitrogens with zero attached hydrogens (tertiary/aromatic N) is 2. The second kappa shape index (κ2) is 8.37. The number of imide groups is 1. The van der Waals surface area contributed by atoms with Crippen LogP contribution in [0.5, 0.6) is 0 Å². The number of amides is 3. The Bertz CT molecular complexity index is 1360. The van der Waals surface area contributed by atoms with Crippen LogP contribution in [0, 0.1) is 23.7 Å². The van der Waals surface area contributed by atoms with E-state index in [2.05, 4.69) is 22.5 Å². The molecule has 1 aromatic heterocycles. The molecule has 0 spiro atoms. The molecule has 6 nitrogen and oxygen atoms in total. The molecule has 6 rings (SSSR count). The van der Waals surface area contributed by atoms with E-state index in [1.807, 2.05) is 12.1 Å². The molecule has 10 heteroatoms. The van der Waals surface area contributed by atoms with Crippen molar-refractivity contribution in [2.75, 3.05) is 16.0 Å². The highest BCUT2D eigenvalue weighted by molar-refractivity contribution is 8.01. The number of anilines is 2. The molecule has 172 valence electrons. The number of carbonyl (C=O) groups is 3. The lowest BCUT2D eigenvalue weighted by Crippen LogP contribution is -2.32. The van der Waals surface area contributed by atoms with Crippen molar-refractivity contribution in [1.82, 2.24) is 4.98 Å². The summed E-state index contributed by atoms with van der Waals surface area (Å²) in [5.41, 5.74) is 1.73. The van der Waals surface area contributed by atoms with Gasteiger partial charge in [0.2, 0.25) is 17.7 Å². The highest BCUT2D eigenvalue weighted by Crippen LogP contribution is 2.53. The Balaban J connectivity index is 1.17. The number of halogens is 2. The number of nitrogens with one attached hydrogen (secondary N) is 1. The zero-order valence-electron chi connectivity index (χ0n) is 17.5. The number of hydrogen-bond donors (Lipinski definition) is 1. The third kappa shape index (κ3) is 3.55. The molecule has 2 aromatic carbocycles. The molecule has 1 aliphatic heterocycles. The first-order valence-corrected chi connectivity index (χ1v) is 13.3. The quantitative estimate of drug-likeness (QED) is 0.262. The van der Waals surface area contributed by atoms with Crippen LogP contribution in [-0.2, 0) is 14.4 Å². The largest absolute Gasteiger partial charge is 0.323 e. The molecule has 3 aromatic rings. The Morgan fingerprint density at radius 2 is 1.76 bits per heavy atom. The highest BCUT2D eigenvalue weighted by Gasteiger charge is 2.59. The lowest BCUT2D eigenvalue weighted by Gasteiger charge is -2.17. The van der Waals surface area contributed by atoms with Crippen LogP contribution < -0.4 is 10.2 Å². The number of para-hydroxylation sites is 1. The van der Waals surface area contributed by atoms with Crippen molar-refractivity contribution < 1.29 is 14.4 Å². The monoisotopic (exact) mass is 529 g/mol. The predicted molar refractivity (Wildman–Crippen MR) is 136 cm³/mol. The van der Waals surface area contributed by atoms with Crippen LogP contribution >= 0.6 is 46.3 Å². The van der Waals surface area contributed by atoms with E-state index in [4.69, 9.17) is 23.2 Å². The van der Waals surface area contributed by atoms with E-state index in [1.54, 1.807) is 24.3 Å². The van der Waals surface area contributed by atoms with Crippen molar-refractivity contribution in [3.63, 3.8) is 0 Å². The van der Waals surface area contributed by atoms with Gasteiger partial charge in [0.15, 0.2) is 4.34 Å². The Labute approximate surface area is 213 Å². The summed E-state index contributed by atoms with van der Waals surface area (Å²) in [6, 6.07) is 10.5. The van der Waals surface area contributed by atoms with Gasteiger partial charge in [-0.05, 0) is 48.6 Å². The summed E-state index contributed by atoms with van der Waals surface area (Å²) >= 11 is 14.9. The third-order valence-corrected chi connectivity index (χ3v) is 9.43. The van der Waals surface area contributed by atoms with Crippen LogP contribution in [0.3, 0.4) is 0 Å². The molecule has 2 heterocycles. The van der Waals surface area contributed by atoms with Gasteiger partial charge >= 0.3 is 0 Å². The molecular formula is C24H17Cl2N3O3S2. The Morgan fingerprint density at radius 3 is 2.44 bits per heavy atom. The van der Waals surface area contributed by atoms with Gasteiger partial charge < -0.3 is 5.32 Å². The number of rotatable bonds is 5. The first-order chi connectivity index (χ1) is 16.4. The predicted octanol–water partition coefficient (Wildman–Crippen LogP) is 5.65. The van der Waals surface area contributed by atoms with E-state index < -0.39 is 0 Å². The zero-order valence-corrected chi connectivity index (χ0v) is 20.7. The van der Waals surface area contributed by atoms with Gasteiger partial charge in [-0.3, -0.25) is 14.4 Å². The number of benzene rings is 2. The minimum atomic E-state index is -0.247. The molecule has 2 fully saturated rings. The second-order valence-corrected chi connectivity index (χ2v) is 11.6. The van der Waals surface area contributed by atoms with Gasteiger partial charge in [0.1, 0.15) is 0 Å². The first kappa shape index (κ1) is 22.1.